The molecule has 1 rings (SSSR count). The molecule has 8 nitrogen and oxygen atoms in total. The van der Waals surface area contributed by atoms with E-state index in [0.29, 0.717) is 6.26 Å². The lowest BCUT2D eigenvalue weighted by Crippen LogP contribution is -2.10. The van der Waals surface area contributed by atoms with Crippen LogP contribution in [0.2, 0.25) is 0 Å². The number of nitrogens with zero attached hydrogens (tertiary/aromatic N) is 2. The molecule has 0 atom stereocenters. The van der Waals surface area contributed by atoms with Crippen LogP contribution in [0, 0.1) is 5.41 Å². The highest BCUT2D eigenvalue weighted by Crippen LogP contribution is 1.85. The minimum atomic E-state index is -3.67. The minimum Gasteiger partial charge on any atom is -0.382 e. The van der Waals surface area contributed by atoms with Crippen LogP contribution in [0.4, 0.5) is 0 Å². The molecular weight excluding hydrogens is 200 g/mol. The standard InChI is InChI=1S/C3H4N4O.CH4O3S/c4-3(5)2-1-6-8-7-2;1-5(2,3)4/h1H,(H3,4,5);1H3,(H,2,3,4). The lowest BCUT2D eigenvalue weighted by Gasteiger charge is -1.80. The Hall–Kier alpha value is -1.48. The molecule has 1 aromatic rings. The summed E-state index contributed by atoms with van der Waals surface area (Å²) < 4.78 is 30.0. The second-order valence-electron chi connectivity index (χ2n) is 1.94. The molecule has 0 amide bonds. The Morgan fingerprint density at radius 2 is 2.23 bits per heavy atom. The van der Waals surface area contributed by atoms with E-state index in [2.05, 4.69) is 14.9 Å². The maximum Gasteiger partial charge on any atom is 0.261 e. The molecule has 13 heavy (non-hydrogen) atoms. The largest absolute Gasteiger partial charge is 0.382 e. The number of rotatable bonds is 1. The van der Waals surface area contributed by atoms with Crippen molar-refractivity contribution in [3.8, 4) is 0 Å². The third-order valence-corrected chi connectivity index (χ3v) is 0.637. The van der Waals surface area contributed by atoms with Crippen LogP contribution in [0.1, 0.15) is 5.69 Å². The maximum atomic E-state index is 9.19. The first kappa shape index (κ1) is 11.5. The first-order chi connectivity index (χ1) is 5.80. The van der Waals surface area contributed by atoms with Crippen LogP contribution < -0.4 is 5.73 Å². The third kappa shape index (κ3) is 8.43. The first-order valence-electron chi connectivity index (χ1n) is 2.85. The van der Waals surface area contributed by atoms with Crippen molar-refractivity contribution in [2.24, 2.45) is 5.73 Å². The van der Waals surface area contributed by atoms with Gasteiger partial charge in [0.2, 0.25) is 0 Å². The molecule has 0 spiro atoms. The summed E-state index contributed by atoms with van der Waals surface area (Å²) >= 11 is 0. The SMILES string of the molecule is CS(=O)(=O)O.N=C(N)c1cnon1. The molecule has 0 bridgehead atoms. The molecule has 0 unspecified atom stereocenters. The lowest BCUT2D eigenvalue weighted by atomic mass is 10.5. The Bertz CT molecular complexity index is 348. The van der Waals surface area contributed by atoms with E-state index >= 15 is 0 Å². The number of nitrogens with two attached hydrogens (primary N) is 1. The van der Waals surface area contributed by atoms with Gasteiger partial charge in [-0.25, -0.2) is 4.63 Å². The van der Waals surface area contributed by atoms with Crippen LogP contribution in [0.3, 0.4) is 0 Å². The topological polar surface area (TPSA) is 143 Å². The van der Waals surface area contributed by atoms with Gasteiger partial charge in [-0.3, -0.25) is 9.96 Å². The number of hydrogen-bond donors (Lipinski definition) is 3. The molecule has 0 saturated heterocycles. The molecule has 0 aromatic carbocycles. The summed E-state index contributed by atoms with van der Waals surface area (Å²) in [5.74, 6) is -0.133. The summed E-state index contributed by atoms with van der Waals surface area (Å²) in [4.78, 5) is 0. The van der Waals surface area contributed by atoms with E-state index < -0.39 is 10.1 Å². The van der Waals surface area contributed by atoms with Gasteiger partial charge in [-0.15, -0.1) is 0 Å². The lowest BCUT2D eigenvalue weighted by molar-refractivity contribution is 0.306. The smallest absolute Gasteiger partial charge is 0.261 e. The van der Waals surface area contributed by atoms with Crippen molar-refractivity contribution in [1.82, 2.24) is 10.3 Å². The van der Waals surface area contributed by atoms with Gasteiger partial charge in [0.15, 0.2) is 5.69 Å². The van der Waals surface area contributed by atoms with Crippen LogP contribution in [-0.2, 0) is 10.1 Å². The predicted molar refractivity (Wildman–Crippen MR) is 42.8 cm³/mol. The molecule has 1 heterocycles. The summed E-state index contributed by atoms with van der Waals surface area (Å²) in [5.41, 5.74) is 5.25. The van der Waals surface area contributed by atoms with E-state index in [1.165, 1.54) is 6.20 Å². The summed E-state index contributed by atoms with van der Waals surface area (Å²) in [7, 11) is -3.67. The highest BCUT2D eigenvalue weighted by Gasteiger charge is 1.97. The third-order valence-electron chi connectivity index (χ3n) is 0.637. The fraction of sp³-hybridized carbons (Fsp3) is 0.250. The van der Waals surface area contributed by atoms with Gasteiger partial charge in [0, 0.05) is 0 Å². The summed E-state index contributed by atoms with van der Waals surface area (Å²) in [6.45, 7) is 0. The Labute approximate surface area is 74.0 Å². The van der Waals surface area contributed by atoms with Gasteiger partial charge in [-0.1, -0.05) is 5.16 Å². The maximum absolute atomic E-state index is 9.19. The van der Waals surface area contributed by atoms with E-state index in [-0.39, 0.29) is 11.5 Å². The summed E-state index contributed by atoms with van der Waals surface area (Å²) in [6.07, 6.45) is 2.00. The van der Waals surface area contributed by atoms with Crippen LogP contribution in [-0.4, -0.2) is 35.4 Å². The molecule has 9 heteroatoms. The van der Waals surface area contributed by atoms with Gasteiger partial charge in [-0.2, -0.15) is 8.42 Å². The predicted octanol–water partition coefficient (Wildman–Crippen LogP) is -1.14. The quantitative estimate of drug-likeness (QED) is 0.300. The monoisotopic (exact) mass is 208 g/mol. The zero-order chi connectivity index (χ0) is 10.5. The average Bonchev–Trinajstić information content (AvgIpc) is 2.31. The highest BCUT2D eigenvalue weighted by molar-refractivity contribution is 7.85. The number of nitrogen functional groups attached to an aromatic ring is 1. The van der Waals surface area contributed by atoms with Crippen LogP contribution in [0.25, 0.3) is 0 Å². The Kier molecular flexibility index (Phi) is 4.01. The van der Waals surface area contributed by atoms with E-state index in [0.717, 1.165) is 0 Å². The van der Waals surface area contributed by atoms with E-state index in [1.54, 1.807) is 0 Å². The zero-order valence-corrected chi connectivity index (χ0v) is 7.45. The van der Waals surface area contributed by atoms with Crippen LogP contribution >= 0.6 is 0 Å². The van der Waals surface area contributed by atoms with Gasteiger partial charge in [0.05, 0.1) is 6.26 Å². The van der Waals surface area contributed by atoms with Crippen molar-refractivity contribution in [2.75, 3.05) is 6.26 Å². The molecular formula is C4H8N4O4S. The number of hydrogen-bond acceptors (Lipinski definition) is 6. The normalized spacial score (nSPS) is 10.0. The number of aromatic nitrogens is 2. The molecule has 1 aromatic heterocycles. The fourth-order valence-electron chi connectivity index (χ4n) is 0.283. The van der Waals surface area contributed by atoms with E-state index in [9.17, 15) is 8.42 Å². The second kappa shape index (κ2) is 4.52. The van der Waals surface area contributed by atoms with Gasteiger partial charge < -0.3 is 5.73 Å². The van der Waals surface area contributed by atoms with Crippen LogP contribution in [0.5, 0.6) is 0 Å². The molecule has 74 valence electrons. The molecule has 0 aliphatic heterocycles. The Morgan fingerprint density at radius 1 is 1.77 bits per heavy atom. The highest BCUT2D eigenvalue weighted by atomic mass is 32.2. The van der Waals surface area contributed by atoms with Gasteiger partial charge in [0.1, 0.15) is 12.0 Å². The Morgan fingerprint density at radius 3 is 2.38 bits per heavy atom. The molecule has 0 radical (unpaired) electrons. The van der Waals surface area contributed by atoms with Crippen LogP contribution in [0.15, 0.2) is 10.8 Å². The van der Waals surface area contributed by atoms with Crippen molar-refractivity contribution in [3.05, 3.63) is 11.9 Å². The first-order valence-corrected chi connectivity index (χ1v) is 4.70. The van der Waals surface area contributed by atoms with Crippen molar-refractivity contribution in [3.63, 3.8) is 0 Å². The molecule has 4 N–H and O–H groups in total. The Balaban J connectivity index is 0.000000252. The van der Waals surface area contributed by atoms with Gasteiger partial charge in [0.25, 0.3) is 10.1 Å². The second-order valence-corrected chi connectivity index (χ2v) is 3.41. The molecule has 0 aliphatic carbocycles. The van der Waals surface area contributed by atoms with Crippen molar-refractivity contribution < 1.29 is 17.6 Å². The minimum absolute atomic E-state index is 0.133. The zero-order valence-electron chi connectivity index (χ0n) is 6.63. The van der Waals surface area contributed by atoms with E-state index in [4.69, 9.17) is 15.7 Å². The number of amidine groups is 1. The summed E-state index contributed by atoms with van der Waals surface area (Å²) in [5, 5.41) is 13.3. The van der Waals surface area contributed by atoms with Gasteiger partial charge >= 0.3 is 0 Å². The van der Waals surface area contributed by atoms with Crippen molar-refractivity contribution in [1.29, 1.82) is 5.41 Å². The van der Waals surface area contributed by atoms with E-state index in [1.807, 2.05) is 0 Å². The molecule has 0 aliphatic rings. The average molecular weight is 208 g/mol. The molecule has 0 saturated carbocycles. The summed E-state index contributed by atoms with van der Waals surface area (Å²) in [6, 6.07) is 0. The number of nitrogens with one attached hydrogen (secondary N) is 1. The van der Waals surface area contributed by atoms with Crippen molar-refractivity contribution in [2.45, 2.75) is 0 Å². The van der Waals surface area contributed by atoms with Gasteiger partial charge in [-0.05, 0) is 5.16 Å². The van der Waals surface area contributed by atoms with Crippen molar-refractivity contribution >= 4 is 16.0 Å². The fourth-order valence-corrected chi connectivity index (χ4v) is 0.283. The molecule has 0 fully saturated rings.